The number of anilines is 1. The molecule has 0 amide bonds. The smallest absolute Gasteiger partial charge is 0.293 e. The van der Waals surface area contributed by atoms with Crippen molar-refractivity contribution in [3.8, 4) is 0 Å². The lowest BCUT2D eigenvalue weighted by Crippen LogP contribution is -2.34. The maximum Gasteiger partial charge on any atom is 0.293 e. The van der Waals surface area contributed by atoms with Crippen LogP contribution in [0.3, 0.4) is 0 Å². The van der Waals surface area contributed by atoms with Crippen LogP contribution in [0.25, 0.3) is 0 Å². The topological polar surface area (TPSA) is 55.2 Å². The lowest BCUT2D eigenvalue weighted by Gasteiger charge is -2.31. The minimum atomic E-state index is -0.384. The number of benzene rings is 1. The van der Waals surface area contributed by atoms with E-state index in [9.17, 15) is 10.1 Å². The van der Waals surface area contributed by atoms with E-state index in [0.717, 1.165) is 19.3 Å². The predicted molar refractivity (Wildman–Crippen MR) is 81.3 cm³/mol. The number of nitrogens with zero attached hydrogens (tertiary/aromatic N) is 1. The molecule has 1 aromatic carbocycles. The molecule has 104 valence electrons. The minimum absolute atomic E-state index is 0.0536. The van der Waals surface area contributed by atoms with Crippen LogP contribution < -0.4 is 5.32 Å². The number of para-hydroxylation sites is 1. The van der Waals surface area contributed by atoms with Gasteiger partial charge in [-0.25, -0.2) is 0 Å². The number of hydrogen-bond acceptors (Lipinski definition) is 4. The van der Waals surface area contributed by atoms with Crippen molar-refractivity contribution >= 4 is 34.7 Å². The van der Waals surface area contributed by atoms with Gasteiger partial charge in [-0.2, -0.15) is 11.8 Å². The molecule has 19 heavy (non-hydrogen) atoms. The van der Waals surface area contributed by atoms with E-state index in [0.29, 0.717) is 16.0 Å². The first-order chi connectivity index (χ1) is 9.13. The molecule has 1 saturated carbocycles. The molecule has 1 aromatic rings. The fraction of sp³-hybridized carbons (Fsp3) is 0.538. The van der Waals surface area contributed by atoms with Crippen molar-refractivity contribution in [1.29, 1.82) is 0 Å². The number of rotatable bonds is 4. The van der Waals surface area contributed by atoms with E-state index in [2.05, 4.69) is 11.6 Å². The summed E-state index contributed by atoms with van der Waals surface area (Å²) >= 11 is 7.93. The van der Waals surface area contributed by atoms with Crippen LogP contribution in [-0.4, -0.2) is 22.5 Å². The van der Waals surface area contributed by atoms with Crippen LogP contribution >= 0.6 is 23.4 Å². The van der Waals surface area contributed by atoms with E-state index in [-0.39, 0.29) is 16.7 Å². The number of hydrogen-bond donors (Lipinski definition) is 1. The second kappa shape index (κ2) is 6.48. The van der Waals surface area contributed by atoms with E-state index in [1.54, 1.807) is 12.1 Å². The van der Waals surface area contributed by atoms with Gasteiger partial charge in [0.25, 0.3) is 5.69 Å². The van der Waals surface area contributed by atoms with Crippen LogP contribution in [-0.2, 0) is 0 Å². The van der Waals surface area contributed by atoms with Crippen molar-refractivity contribution in [3.63, 3.8) is 0 Å². The molecule has 0 spiro atoms. The van der Waals surface area contributed by atoms with Crippen molar-refractivity contribution in [2.24, 2.45) is 0 Å². The zero-order valence-electron chi connectivity index (χ0n) is 10.8. The van der Waals surface area contributed by atoms with Gasteiger partial charge in [0.2, 0.25) is 0 Å². The molecular weight excluding hydrogens is 284 g/mol. The molecule has 6 heteroatoms. The third-order valence-corrected chi connectivity index (χ3v) is 5.01. The quantitative estimate of drug-likeness (QED) is 0.664. The fourth-order valence-electron chi connectivity index (χ4n) is 2.54. The van der Waals surface area contributed by atoms with Gasteiger partial charge in [-0.15, -0.1) is 0 Å². The molecule has 2 rings (SSSR count). The van der Waals surface area contributed by atoms with Gasteiger partial charge in [0.15, 0.2) is 0 Å². The second-order valence-electron chi connectivity index (χ2n) is 4.70. The predicted octanol–water partition coefficient (Wildman–Crippen LogP) is 4.33. The van der Waals surface area contributed by atoms with Crippen molar-refractivity contribution in [3.05, 3.63) is 33.3 Å². The Labute approximate surface area is 122 Å². The first-order valence-electron chi connectivity index (χ1n) is 6.35. The minimum Gasteiger partial charge on any atom is -0.374 e. The molecule has 1 N–H and O–H groups in total. The van der Waals surface area contributed by atoms with Crippen LogP contribution in [0.2, 0.25) is 5.02 Å². The Balaban J connectivity index is 2.24. The number of nitro groups is 1. The molecule has 0 aliphatic heterocycles. The van der Waals surface area contributed by atoms with Crippen molar-refractivity contribution < 1.29 is 4.92 Å². The largest absolute Gasteiger partial charge is 0.374 e. The van der Waals surface area contributed by atoms with Gasteiger partial charge in [0.05, 0.1) is 9.95 Å². The van der Waals surface area contributed by atoms with Gasteiger partial charge >= 0.3 is 0 Å². The highest BCUT2D eigenvalue weighted by Gasteiger charge is 2.27. The number of thioether (sulfide) groups is 1. The van der Waals surface area contributed by atoms with E-state index < -0.39 is 0 Å². The summed E-state index contributed by atoms with van der Waals surface area (Å²) in [6, 6.07) is 5.04. The summed E-state index contributed by atoms with van der Waals surface area (Å²) in [6.07, 6.45) is 6.66. The summed E-state index contributed by atoms with van der Waals surface area (Å²) < 4.78 is 0. The van der Waals surface area contributed by atoms with Gasteiger partial charge < -0.3 is 5.32 Å². The van der Waals surface area contributed by atoms with Crippen LogP contribution in [0.4, 0.5) is 11.4 Å². The van der Waals surface area contributed by atoms with E-state index in [4.69, 9.17) is 11.6 Å². The van der Waals surface area contributed by atoms with E-state index in [1.807, 2.05) is 11.8 Å². The van der Waals surface area contributed by atoms with Crippen LogP contribution in [0.1, 0.15) is 25.7 Å². The summed E-state index contributed by atoms with van der Waals surface area (Å²) in [4.78, 5) is 10.7. The van der Waals surface area contributed by atoms with Crippen LogP contribution in [0.5, 0.6) is 0 Å². The molecule has 0 radical (unpaired) electrons. The molecule has 0 heterocycles. The summed E-state index contributed by atoms with van der Waals surface area (Å²) in [5.74, 6) is 0. The van der Waals surface area contributed by atoms with E-state index in [1.165, 1.54) is 12.5 Å². The first-order valence-corrected chi connectivity index (χ1v) is 8.02. The van der Waals surface area contributed by atoms with E-state index >= 15 is 0 Å². The zero-order valence-corrected chi connectivity index (χ0v) is 12.3. The Morgan fingerprint density at radius 1 is 1.42 bits per heavy atom. The average molecular weight is 301 g/mol. The SMILES string of the molecule is CSC1CCCCC1Nc1c(Cl)cccc1[N+](=O)[O-]. The Morgan fingerprint density at radius 2 is 2.16 bits per heavy atom. The third kappa shape index (κ3) is 3.34. The highest BCUT2D eigenvalue weighted by atomic mass is 35.5. The Kier molecular flexibility index (Phi) is 4.93. The molecule has 0 saturated heterocycles. The standard InChI is InChI=1S/C13H17ClN2O2S/c1-19-12-8-3-2-6-10(12)15-13-9(14)5-4-7-11(13)16(17)18/h4-5,7,10,12,15H,2-3,6,8H2,1H3. The number of nitro benzene ring substituents is 1. The zero-order chi connectivity index (χ0) is 13.8. The molecular formula is C13H17ClN2O2S. The maximum atomic E-state index is 11.1. The summed E-state index contributed by atoms with van der Waals surface area (Å²) in [6.45, 7) is 0. The van der Waals surface area contributed by atoms with Crippen molar-refractivity contribution in [1.82, 2.24) is 0 Å². The molecule has 1 aliphatic rings. The normalized spacial score (nSPS) is 23.1. The van der Waals surface area contributed by atoms with Gasteiger partial charge in [-0.05, 0) is 25.2 Å². The van der Waals surface area contributed by atoms with Gasteiger partial charge in [-0.3, -0.25) is 10.1 Å². The van der Waals surface area contributed by atoms with Gasteiger partial charge in [0.1, 0.15) is 5.69 Å². The van der Waals surface area contributed by atoms with Crippen LogP contribution in [0.15, 0.2) is 18.2 Å². The van der Waals surface area contributed by atoms with Gasteiger partial charge in [0, 0.05) is 17.4 Å². The maximum absolute atomic E-state index is 11.1. The summed E-state index contributed by atoms with van der Waals surface area (Å²) in [5.41, 5.74) is 0.512. The average Bonchev–Trinajstić information content (AvgIpc) is 2.41. The third-order valence-electron chi connectivity index (χ3n) is 3.52. The summed E-state index contributed by atoms with van der Waals surface area (Å²) in [5, 5.41) is 15.3. The molecule has 2 atom stereocenters. The van der Waals surface area contributed by atoms with Crippen LogP contribution in [0, 0.1) is 10.1 Å². The first kappa shape index (κ1) is 14.5. The lowest BCUT2D eigenvalue weighted by molar-refractivity contribution is -0.384. The number of nitrogens with one attached hydrogen (secondary N) is 1. The highest BCUT2D eigenvalue weighted by Crippen LogP contribution is 2.36. The Morgan fingerprint density at radius 3 is 2.84 bits per heavy atom. The molecule has 4 nitrogen and oxygen atoms in total. The monoisotopic (exact) mass is 300 g/mol. The molecule has 2 unspecified atom stereocenters. The van der Waals surface area contributed by atoms with Crippen molar-refractivity contribution in [2.45, 2.75) is 37.0 Å². The lowest BCUT2D eigenvalue weighted by atomic mass is 9.94. The fourth-order valence-corrected chi connectivity index (χ4v) is 3.70. The molecule has 1 fully saturated rings. The number of halogens is 1. The second-order valence-corrected chi connectivity index (χ2v) is 6.18. The Hall–Kier alpha value is -0.940. The Bertz CT molecular complexity index is 470. The molecule has 0 aromatic heterocycles. The molecule has 1 aliphatic carbocycles. The molecule has 0 bridgehead atoms. The summed E-state index contributed by atoms with van der Waals surface area (Å²) in [7, 11) is 0. The van der Waals surface area contributed by atoms with Gasteiger partial charge in [-0.1, -0.05) is 30.5 Å². The van der Waals surface area contributed by atoms with Crippen molar-refractivity contribution in [2.75, 3.05) is 11.6 Å². The highest BCUT2D eigenvalue weighted by molar-refractivity contribution is 7.99.